The van der Waals surface area contributed by atoms with Crippen LogP contribution in [0.25, 0.3) is 0 Å². The molecule has 0 saturated carbocycles. The zero-order valence-corrected chi connectivity index (χ0v) is 12.2. The van der Waals surface area contributed by atoms with Crippen molar-refractivity contribution in [1.29, 1.82) is 0 Å². The first-order chi connectivity index (χ1) is 9.57. The molecule has 0 unspecified atom stereocenters. The third kappa shape index (κ3) is 3.11. The van der Waals surface area contributed by atoms with Gasteiger partial charge in [-0.15, -0.1) is 0 Å². The molecule has 2 atom stereocenters. The maximum Gasteiger partial charge on any atom is 0.328 e. The van der Waals surface area contributed by atoms with Crippen molar-refractivity contribution in [3.05, 3.63) is 35.2 Å². The van der Waals surface area contributed by atoms with Gasteiger partial charge in [0, 0.05) is 23.5 Å². The number of aliphatic carboxylic acids is 1. The number of carbonyl (C=O) groups excluding carboxylic acids is 1. The summed E-state index contributed by atoms with van der Waals surface area (Å²) in [5, 5.41) is 28.9. The van der Waals surface area contributed by atoms with Gasteiger partial charge in [-0.2, -0.15) is 0 Å². The van der Waals surface area contributed by atoms with Crippen LogP contribution in [0.3, 0.4) is 0 Å². The van der Waals surface area contributed by atoms with Crippen molar-refractivity contribution >= 4 is 11.8 Å². The molecule has 0 fully saturated rings. The number of hydrogen-bond acceptors (Lipinski definition) is 4. The van der Waals surface area contributed by atoms with E-state index in [4.69, 9.17) is 5.11 Å². The number of allylic oxidation sites excluding steroid dienone is 3. The molecule has 0 spiro atoms. The monoisotopic (exact) mass is 298 g/mol. The highest BCUT2D eigenvalue weighted by Crippen LogP contribution is 2.46. The van der Waals surface area contributed by atoms with Gasteiger partial charge in [0.1, 0.15) is 5.60 Å². The van der Waals surface area contributed by atoms with Gasteiger partial charge in [-0.3, -0.25) is 4.79 Å². The molecule has 1 aliphatic rings. The van der Waals surface area contributed by atoms with Crippen molar-refractivity contribution in [2.45, 2.75) is 32.8 Å². The minimum absolute atomic E-state index is 0.185. The first-order valence-corrected chi connectivity index (χ1v) is 6.41. The van der Waals surface area contributed by atoms with Crippen LogP contribution in [0, 0.1) is 5.41 Å². The molecule has 1 rings (SSSR count). The van der Waals surface area contributed by atoms with Gasteiger partial charge in [0.05, 0.1) is 6.61 Å². The second-order valence-electron chi connectivity index (χ2n) is 5.58. The molecule has 0 radical (unpaired) electrons. The second kappa shape index (κ2) is 5.91. The molecule has 1 aliphatic carbocycles. The Morgan fingerprint density at radius 2 is 2.05 bits per heavy atom. The highest BCUT2D eigenvalue weighted by atomic mass is 19.1. The van der Waals surface area contributed by atoms with Crippen LogP contribution >= 0.6 is 0 Å². The van der Waals surface area contributed by atoms with Crippen molar-refractivity contribution in [2.75, 3.05) is 6.61 Å². The number of Topliss-reactive ketones (excluding diaryl/α,β-unsaturated/α-hetero) is 1. The van der Waals surface area contributed by atoms with Gasteiger partial charge in [-0.05, 0) is 25.5 Å². The lowest BCUT2D eigenvalue weighted by Gasteiger charge is -2.45. The quantitative estimate of drug-likeness (QED) is 0.540. The van der Waals surface area contributed by atoms with Crippen LogP contribution in [-0.4, -0.2) is 39.3 Å². The maximum absolute atomic E-state index is 13.8. The third-order valence-corrected chi connectivity index (χ3v) is 3.90. The maximum atomic E-state index is 13.8. The Hall–Kier alpha value is -1.79. The number of rotatable bonds is 4. The standard InChI is InChI=1S/C15H19FO5/c1-9(6-12(19)20)4-5-15(21)10(2)13(16)11(18)7-14(15,3)8-17/h4-6,17,21H,7-8H2,1-3H3,(H,19,20)/b5-4+,9-6-/t14-,15-/m1/s1. The molecule has 6 heteroatoms. The summed E-state index contributed by atoms with van der Waals surface area (Å²) in [7, 11) is 0. The Morgan fingerprint density at radius 3 is 2.52 bits per heavy atom. The molecule has 3 N–H and O–H groups in total. The summed E-state index contributed by atoms with van der Waals surface area (Å²) >= 11 is 0. The summed E-state index contributed by atoms with van der Waals surface area (Å²) in [4.78, 5) is 22.1. The highest BCUT2D eigenvalue weighted by molar-refractivity contribution is 5.96. The van der Waals surface area contributed by atoms with Crippen LogP contribution < -0.4 is 0 Å². The minimum Gasteiger partial charge on any atom is -0.478 e. The van der Waals surface area contributed by atoms with Gasteiger partial charge in [-0.1, -0.05) is 13.0 Å². The fourth-order valence-electron chi connectivity index (χ4n) is 2.39. The van der Waals surface area contributed by atoms with E-state index in [9.17, 15) is 24.2 Å². The highest BCUT2D eigenvalue weighted by Gasteiger charge is 2.52. The van der Waals surface area contributed by atoms with Gasteiger partial charge in [0.2, 0.25) is 0 Å². The number of ketones is 1. The van der Waals surface area contributed by atoms with Crippen molar-refractivity contribution in [3.63, 3.8) is 0 Å². The van der Waals surface area contributed by atoms with E-state index in [1.165, 1.54) is 32.9 Å². The first kappa shape index (κ1) is 17.3. The van der Waals surface area contributed by atoms with Gasteiger partial charge in [0.15, 0.2) is 11.6 Å². The average Bonchev–Trinajstić information content (AvgIpc) is 2.40. The normalized spacial score (nSPS) is 31.1. The molecule has 0 aliphatic heterocycles. The summed E-state index contributed by atoms with van der Waals surface area (Å²) in [5.74, 6) is -2.93. The number of halogens is 1. The number of hydrogen-bond donors (Lipinski definition) is 3. The van der Waals surface area contributed by atoms with E-state index in [0.29, 0.717) is 5.57 Å². The molecule has 0 aromatic heterocycles. The topological polar surface area (TPSA) is 94.8 Å². The Morgan fingerprint density at radius 1 is 1.48 bits per heavy atom. The molecule has 21 heavy (non-hydrogen) atoms. The zero-order valence-electron chi connectivity index (χ0n) is 12.2. The Kier molecular flexibility index (Phi) is 4.86. The Balaban J connectivity index is 3.35. The van der Waals surface area contributed by atoms with Crippen LogP contribution in [0.1, 0.15) is 27.2 Å². The Bertz CT molecular complexity index is 560. The van der Waals surface area contributed by atoms with Gasteiger partial charge in [0.25, 0.3) is 0 Å². The predicted molar refractivity (Wildman–Crippen MR) is 74.1 cm³/mol. The smallest absolute Gasteiger partial charge is 0.328 e. The van der Waals surface area contributed by atoms with Gasteiger partial charge < -0.3 is 15.3 Å². The SMILES string of the molecule is CC1=C(F)C(=O)C[C@](C)(CO)[C@@]1(O)/C=C/C(C)=C\C(=O)O. The van der Waals surface area contributed by atoms with Crippen LogP contribution in [0.5, 0.6) is 0 Å². The van der Waals surface area contributed by atoms with E-state index < -0.39 is 35.2 Å². The van der Waals surface area contributed by atoms with Crippen molar-refractivity contribution in [3.8, 4) is 0 Å². The summed E-state index contributed by atoms with van der Waals surface area (Å²) in [5.41, 5.74) is -2.99. The van der Waals surface area contributed by atoms with E-state index in [2.05, 4.69) is 0 Å². The molecule has 0 aromatic carbocycles. The number of aliphatic hydroxyl groups is 2. The lowest BCUT2D eigenvalue weighted by atomic mass is 9.63. The fourth-order valence-corrected chi connectivity index (χ4v) is 2.39. The first-order valence-electron chi connectivity index (χ1n) is 6.41. The molecular weight excluding hydrogens is 279 g/mol. The number of carboxylic acid groups (broad SMARTS) is 1. The Labute approximate surface area is 122 Å². The van der Waals surface area contributed by atoms with Crippen LogP contribution in [-0.2, 0) is 9.59 Å². The predicted octanol–water partition coefficient (Wildman–Crippen LogP) is 1.52. The van der Waals surface area contributed by atoms with Crippen LogP contribution in [0.2, 0.25) is 0 Å². The van der Waals surface area contributed by atoms with Gasteiger partial charge in [-0.25, -0.2) is 9.18 Å². The van der Waals surface area contributed by atoms with E-state index in [0.717, 1.165) is 6.08 Å². The van der Waals surface area contributed by atoms with Crippen molar-refractivity contribution < 1.29 is 29.3 Å². The lowest BCUT2D eigenvalue weighted by molar-refractivity contribution is -0.131. The molecule has 5 nitrogen and oxygen atoms in total. The number of aliphatic hydroxyl groups excluding tert-OH is 1. The summed E-state index contributed by atoms with van der Waals surface area (Å²) < 4.78 is 13.8. The molecule has 0 heterocycles. The third-order valence-electron chi connectivity index (χ3n) is 3.90. The molecule has 116 valence electrons. The van der Waals surface area contributed by atoms with Gasteiger partial charge >= 0.3 is 5.97 Å². The number of carboxylic acids is 1. The summed E-state index contributed by atoms with van der Waals surface area (Å²) in [6, 6.07) is 0. The van der Waals surface area contributed by atoms with E-state index >= 15 is 0 Å². The van der Waals surface area contributed by atoms with Crippen LogP contribution in [0.4, 0.5) is 4.39 Å². The lowest BCUT2D eigenvalue weighted by Crippen LogP contribution is -2.52. The van der Waals surface area contributed by atoms with Crippen molar-refractivity contribution in [2.24, 2.45) is 5.41 Å². The summed E-state index contributed by atoms with van der Waals surface area (Å²) in [6.45, 7) is 3.74. The van der Waals surface area contributed by atoms with Crippen LogP contribution in [0.15, 0.2) is 35.2 Å². The summed E-state index contributed by atoms with van der Waals surface area (Å²) in [6.07, 6.45) is 3.14. The molecular formula is C15H19FO5. The molecule has 0 saturated heterocycles. The minimum atomic E-state index is -1.87. The zero-order chi connectivity index (χ0) is 16.4. The van der Waals surface area contributed by atoms with E-state index in [-0.39, 0.29) is 12.0 Å². The molecule has 0 bridgehead atoms. The molecule has 0 amide bonds. The largest absolute Gasteiger partial charge is 0.478 e. The van der Waals surface area contributed by atoms with Crippen molar-refractivity contribution in [1.82, 2.24) is 0 Å². The molecule has 0 aromatic rings. The number of carbonyl (C=O) groups is 2. The van der Waals surface area contributed by atoms with E-state index in [1.54, 1.807) is 0 Å². The second-order valence-corrected chi connectivity index (χ2v) is 5.58. The fraction of sp³-hybridized carbons (Fsp3) is 0.467. The van der Waals surface area contributed by atoms with E-state index in [1.807, 2.05) is 0 Å². The average molecular weight is 298 g/mol.